The molecule has 0 heterocycles. The second-order valence-corrected chi connectivity index (χ2v) is 5.36. The summed E-state index contributed by atoms with van der Waals surface area (Å²) in [5.41, 5.74) is -0.799. The molecular formula is C8H17O5P. The first-order chi connectivity index (χ1) is 6.32. The molecule has 2 N–H and O–H groups in total. The van der Waals surface area contributed by atoms with E-state index in [2.05, 4.69) is 4.74 Å². The molecular weight excluding hydrogens is 207 g/mol. The van der Waals surface area contributed by atoms with Crippen molar-refractivity contribution in [1.29, 1.82) is 0 Å². The molecule has 0 saturated carbocycles. The number of esters is 1. The van der Waals surface area contributed by atoms with Crippen molar-refractivity contribution in [2.24, 2.45) is 5.92 Å². The molecule has 2 atom stereocenters. The average Bonchev–Trinajstić information content (AvgIpc) is 2.10. The maximum Gasteiger partial charge on any atom is 0.328 e. The number of carbonyl (C=O) groups excluding carboxylic acids is 1. The van der Waals surface area contributed by atoms with E-state index in [9.17, 15) is 9.36 Å². The fourth-order valence-corrected chi connectivity index (χ4v) is 1.67. The van der Waals surface area contributed by atoms with E-state index in [1.807, 2.05) is 0 Å². The minimum Gasteiger partial charge on any atom is -0.469 e. The van der Waals surface area contributed by atoms with Crippen molar-refractivity contribution in [2.45, 2.75) is 32.3 Å². The van der Waals surface area contributed by atoms with Gasteiger partial charge in [0.25, 0.3) is 0 Å². The van der Waals surface area contributed by atoms with Gasteiger partial charge in [0.1, 0.15) is 0 Å². The molecule has 0 aromatic heterocycles. The van der Waals surface area contributed by atoms with Gasteiger partial charge in [0.05, 0.1) is 18.7 Å². The predicted octanol–water partition coefficient (Wildman–Crippen LogP) is 1.14. The largest absolute Gasteiger partial charge is 0.469 e. The van der Waals surface area contributed by atoms with Crippen LogP contribution in [0.1, 0.15) is 26.7 Å². The Kier molecular flexibility index (Phi) is 5.34. The molecule has 0 amide bonds. The third-order valence-electron chi connectivity index (χ3n) is 2.23. The zero-order valence-corrected chi connectivity index (χ0v) is 9.53. The quantitative estimate of drug-likeness (QED) is 0.540. The summed E-state index contributed by atoms with van der Waals surface area (Å²) >= 11 is 0. The van der Waals surface area contributed by atoms with Gasteiger partial charge >= 0.3 is 13.6 Å². The Bertz CT molecular complexity index is 234. The van der Waals surface area contributed by atoms with Gasteiger partial charge in [0, 0.05) is 0 Å². The van der Waals surface area contributed by atoms with Crippen LogP contribution in [0.3, 0.4) is 0 Å². The molecule has 2 unspecified atom stereocenters. The topological polar surface area (TPSA) is 83.8 Å². The number of ether oxygens (including phenoxy) is 1. The Balaban J connectivity index is 4.33. The molecule has 0 fully saturated rings. The number of hydrogen-bond acceptors (Lipinski definition) is 3. The minimum absolute atomic E-state index is 0.160. The van der Waals surface area contributed by atoms with Crippen LogP contribution in [-0.4, -0.2) is 28.5 Å². The molecule has 0 aliphatic carbocycles. The molecule has 84 valence electrons. The van der Waals surface area contributed by atoms with Crippen molar-refractivity contribution < 1.29 is 23.9 Å². The second kappa shape index (κ2) is 5.49. The Morgan fingerprint density at radius 2 is 2.00 bits per heavy atom. The van der Waals surface area contributed by atoms with Crippen LogP contribution in [0, 0.1) is 5.92 Å². The van der Waals surface area contributed by atoms with Crippen LogP contribution < -0.4 is 0 Å². The first-order valence-corrected chi connectivity index (χ1v) is 6.14. The number of hydrogen-bond donors (Lipinski definition) is 2. The van der Waals surface area contributed by atoms with Crippen molar-refractivity contribution in [2.75, 3.05) is 7.11 Å². The summed E-state index contributed by atoms with van der Waals surface area (Å²) < 4.78 is 15.4. The highest BCUT2D eigenvalue weighted by Crippen LogP contribution is 2.44. The summed E-state index contributed by atoms with van der Waals surface area (Å²) in [5.74, 6) is -0.838. The predicted molar refractivity (Wildman–Crippen MR) is 51.9 cm³/mol. The lowest BCUT2D eigenvalue weighted by atomic mass is 10.0. The summed E-state index contributed by atoms with van der Waals surface area (Å²) in [4.78, 5) is 28.8. The van der Waals surface area contributed by atoms with Crippen LogP contribution in [0.4, 0.5) is 0 Å². The lowest BCUT2D eigenvalue weighted by Gasteiger charge is -2.18. The highest BCUT2D eigenvalue weighted by atomic mass is 31.2. The summed E-state index contributed by atoms with van der Waals surface area (Å²) in [6, 6.07) is 0. The zero-order valence-electron chi connectivity index (χ0n) is 8.64. The fourth-order valence-electron chi connectivity index (χ4n) is 1.15. The summed E-state index contributed by atoms with van der Waals surface area (Å²) in [6.45, 7) is 3.22. The van der Waals surface area contributed by atoms with Crippen molar-refractivity contribution in [1.82, 2.24) is 0 Å². The molecule has 5 nitrogen and oxygen atoms in total. The van der Waals surface area contributed by atoms with E-state index >= 15 is 0 Å². The van der Waals surface area contributed by atoms with Crippen LogP contribution in [-0.2, 0) is 14.1 Å². The lowest BCUT2D eigenvalue weighted by molar-refractivity contribution is -0.145. The van der Waals surface area contributed by atoms with E-state index in [1.165, 1.54) is 14.0 Å². The zero-order chi connectivity index (χ0) is 11.4. The van der Waals surface area contributed by atoms with E-state index in [-0.39, 0.29) is 6.42 Å². The molecule has 0 aromatic rings. The van der Waals surface area contributed by atoms with Crippen LogP contribution >= 0.6 is 7.60 Å². The van der Waals surface area contributed by atoms with Gasteiger partial charge in [-0.1, -0.05) is 13.8 Å². The highest BCUT2D eigenvalue weighted by molar-refractivity contribution is 7.52. The molecule has 0 saturated heterocycles. The van der Waals surface area contributed by atoms with E-state index in [0.717, 1.165) is 0 Å². The first-order valence-electron chi connectivity index (χ1n) is 4.46. The first kappa shape index (κ1) is 13.6. The van der Waals surface area contributed by atoms with Gasteiger partial charge in [-0.25, -0.2) is 0 Å². The molecule has 0 radical (unpaired) electrons. The Hall–Kier alpha value is -0.380. The Morgan fingerprint density at radius 3 is 2.29 bits per heavy atom. The third-order valence-corrected chi connectivity index (χ3v) is 3.59. The maximum atomic E-state index is 11.1. The van der Waals surface area contributed by atoms with Crippen molar-refractivity contribution in [3.8, 4) is 0 Å². The third kappa shape index (κ3) is 4.22. The fraction of sp³-hybridized carbons (Fsp3) is 0.875. The number of carbonyl (C=O) groups is 1. The van der Waals surface area contributed by atoms with Gasteiger partial charge in [-0.05, 0) is 12.8 Å². The molecule has 0 spiro atoms. The molecule has 0 aliphatic rings. The van der Waals surface area contributed by atoms with E-state index in [1.54, 1.807) is 6.92 Å². The van der Waals surface area contributed by atoms with Crippen LogP contribution in [0.25, 0.3) is 0 Å². The van der Waals surface area contributed by atoms with Crippen LogP contribution in [0.2, 0.25) is 0 Å². The summed E-state index contributed by atoms with van der Waals surface area (Å²) in [7, 11) is -2.81. The van der Waals surface area contributed by atoms with Gasteiger partial charge in [-0.15, -0.1) is 0 Å². The van der Waals surface area contributed by atoms with Gasteiger partial charge in [0.15, 0.2) is 0 Å². The van der Waals surface area contributed by atoms with Crippen molar-refractivity contribution >= 4 is 13.6 Å². The van der Waals surface area contributed by atoms with Gasteiger partial charge < -0.3 is 14.5 Å². The summed E-state index contributed by atoms with van der Waals surface area (Å²) in [5, 5.41) is 0. The molecule has 0 aromatic carbocycles. The van der Waals surface area contributed by atoms with Gasteiger partial charge in [-0.3, -0.25) is 9.36 Å². The Morgan fingerprint density at radius 1 is 1.50 bits per heavy atom. The number of methoxy groups -OCH3 is 1. The maximum absolute atomic E-state index is 11.1. The molecule has 6 heteroatoms. The molecule has 0 rings (SSSR count). The molecule has 0 aliphatic heterocycles. The van der Waals surface area contributed by atoms with Crippen molar-refractivity contribution in [3.63, 3.8) is 0 Å². The van der Waals surface area contributed by atoms with E-state index < -0.39 is 25.1 Å². The SMILES string of the molecule is CCC(CC(C)P(=O)(O)O)C(=O)OC. The number of rotatable bonds is 5. The summed E-state index contributed by atoms with van der Waals surface area (Å²) in [6.07, 6.45) is 0.685. The highest BCUT2D eigenvalue weighted by Gasteiger charge is 2.29. The monoisotopic (exact) mass is 224 g/mol. The Labute approximate surface area is 83.6 Å². The van der Waals surface area contributed by atoms with Crippen LogP contribution in [0.5, 0.6) is 0 Å². The van der Waals surface area contributed by atoms with E-state index in [4.69, 9.17) is 9.79 Å². The van der Waals surface area contributed by atoms with Crippen LogP contribution in [0.15, 0.2) is 0 Å². The standard InChI is InChI=1S/C8H17O5P/c1-4-7(8(9)13-3)5-6(2)14(10,11)12/h6-7H,4-5H2,1-3H3,(H2,10,11,12). The minimum atomic E-state index is -4.08. The van der Waals surface area contributed by atoms with E-state index in [0.29, 0.717) is 6.42 Å². The van der Waals surface area contributed by atoms with Gasteiger partial charge in [-0.2, -0.15) is 0 Å². The van der Waals surface area contributed by atoms with Gasteiger partial charge in [0.2, 0.25) is 0 Å². The smallest absolute Gasteiger partial charge is 0.328 e. The normalized spacial score (nSPS) is 16.1. The molecule has 14 heavy (non-hydrogen) atoms. The van der Waals surface area contributed by atoms with Crippen molar-refractivity contribution in [3.05, 3.63) is 0 Å². The molecule has 0 bridgehead atoms. The second-order valence-electron chi connectivity index (χ2n) is 3.30. The lowest BCUT2D eigenvalue weighted by Crippen LogP contribution is -2.20. The average molecular weight is 224 g/mol.